The molecule has 2 atom stereocenters. The number of nitrogens with one attached hydrogen (secondary N) is 1. The molecule has 1 heterocycles. The lowest BCUT2D eigenvalue weighted by atomic mass is 9.87. The Bertz CT molecular complexity index is 958. The van der Waals surface area contributed by atoms with Gasteiger partial charge < -0.3 is 15.0 Å². The summed E-state index contributed by atoms with van der Waals surface area (Å²) < 4.78 is 44.9. The van der Waals surface area contributed by atoms with E-state index in [-0.39, 0.29) is 30.8 Å². The van der Waals surface area contributed by atoms with Gasteiger partial charge in [0, 0.05) is 31.1 Å². The number of carbonyl (C=O) groups is 2. The Kier molecular flexibility index (Phi) is 7.11. The number of benzene rings is 2. The first kappa shape index (κ1) is 23.6. The zero-order chi connectivity index (χ0) is 23.5. The number of hydrogen-bond acceptors (Lipinski definition) is 3. The van der Waals surface area contributed by atoms with E-state index in [9.17, 15) is 22.8 Å². The molecule has 0 aliphatic carbocycles. The van der Waals surface area contributed by atoms with Crippen LogP contribution in [0.5, 0.6) is 5.75 Å². The largest absolute Gasteiger partial charge is 0.497 e. The lowest BCUT2D eigenvalue weighted by molar-refractivity contribution is -0.137. The van der Waals surface area contributed by atoms with Crippen LogP contribution in [0.2, 0.25) is 0 Å². The predicted molar refractivity (Wildman–Crippen MR) is 114 cm³/mol. The molecule has 1 aliphatic rings. The molecule has 0 bridgehead atoms. The summed E-state index contributed by atoms with van der Waals surface area (Å²) in [6, 6.07) is 11.6. The van der Waals surface area contributed by atoms with E-state index in [0.717, 1.165) is 12.1 Å². The molecule has 8 heteroatoms. The molecule has 0 saturated carbocycles. The monoisotopic (exact) mass is 448 g/mol. The third kappa shape index (κ3) is 5.41. The van der Waals surface area contributed by atoms with Crippen molar-refractivity contribution in [1.29, 1.82) is 0 Å². The number of rotatable bonds is 6. The molecule has 32 heavy (non-hydrogen) atoms. The van der Waals surface area contributed by atoms with Crippen LogP contribution in [0.3, 0.4) is 0 Å². The first-order chi connectivity index (χ1) is 15.1. The van der Waals surface area contributed by atoms with Crippen molar-refractivity contribution in [3.63, 3.8) is 0 Å². The van der Waals surface area contributed by atoms with Gasteiger partial charge in [0.1, 0.15) is 5.75 Å². The van der Waals surface area contributed by atoms with Gasteiger partial charge in [-0.25, -0.2) is 0 Å². The number of hydrogen-bond donors (Lipinski definition) is 1. The smallest absolute Gasteiger partial charge is 0.416 e. The van der Waals surface area contributed by atoms with Crippen molar-refractivity contribution in [2.75, 3.05) is 26.7 Å². The molecule has 1 fully saturated rings. The summed E-state index contributed by atoms with van der Waals surface area (Å²) in [5, 5.41) is 2.87. The maximum Gasteiger partial charge on any atom is 0.416 e. The Hall–Kier alpha value is -3.03. The Morgan fingerprint density at radius 2 is 1.81 bits per heavy atom. The standard InChI is InChI=1S/C24H27F3N2O3/c1-15(2)12-28-22(30)21-14-29(23(31)16-7-9-19(32-3)10-8-16)13-20(21)17-5-4-6-18(11-17)24(25,26)27/h4-11,15,20-21H,12-14H2,1-3H3,(H,28,30). The average Bonchev–Trinajstić information content (AvgIpc) is 3.22. The average molecular weight is 448 g/mol. The molecule has 2 aromatic carbocycles. The Morgan fingerprint density at radius 1 is 1.12 bits per heavy atom. The van der Waals surface area contributed by atoms with E-state index in [1.165, 1.54) is 18.1 Å². The Labute approximate surface area is 185 Å². The number of amides is 2. The van der Waals surface area contributed by atoms with Crippen molar-refractivity contribution in [3.05, 3.63) is 65.2 Å². The van der Waals surface area contributed by atoms with Crippen LogP contribution >= 0.6 is 0 Å². The minimum Gasteiger partial charge on any atom is -0.497 e. The van der Waals surface area contributed by atoms with Crippen molar-refractivity contribution in [2.24, 2.45) is 11.8 Å². The van der Waals surface area contributed by atoms with Gasteiger partial charge in [-0.3, -0.25) is 9.59 Å². The van der Waals surface area contributed by atoms with Gasteiger partial charge in [-0.15, -0.1) is 0 Å². The fourth-order valence-electron chi connectivity index (χ4n) is 3.87. The van der Waals surface area contributed by atoms with Gasteiger partial charge in [0.05, 0.1) is 18.6 Å². The molecule has 1 aliphatic heterocycles. The third-order valence-corrected chi connectivity index (χ3v) is 5.61. The van der Waals surface area contributed by atoms with E-state index in [1.807, 2.05) is 13.8 Å². The van der Waals surface area contributed by atoms with Crippen molar-refractivity contribution < 1.29 is 27.5 Å². The molecule has 2 aromatic rings. The van der Waals surface area contributed by atoms with Crippen molar-refractivity contribution >= 4 is 11.8 Å². The molecular weight excluding hydrogens is 421 g/mol. The highest BCUT2D eigenvalue weighted by atomic mass is 19.4. The Balaban J connectivity index is 1.88. The van der Waals surface area contributed by atoms with Crippen LogP contribution in [0.25, 0.3) is 0 Å². The quantitative estimate of drug-likeness (QED) is 0.715. The van der Waals surface area contributed by atoms with Gasteiger partial charge in [0.15, 0.2) is 0 Å². The van der Waals surface area contributed by atoms with Crippen LogP contribution in [-0.2, 0) is 11.0 Å². The van der Waals surface area contributed by atoms with E-state index in [4.69, 9.17) is 4.74 Å². The first-order valence-corrected chi connectivity index (χ1v) is 10.5. The minimum atomic E-state index is -4.48. The van der Waals surface area contributed by atoms with Gasteiger partial charge in [-0.2, -0.15) is 13.2 Å². The SMILES string of the molecule is COc1ccc(C(=O)N2CC(C(=O)NCC(C)C)C(c3cccc(C(F)(F)F)c3)C2)cc1. The van der Waals surface area contributed by atoms with Crippen LogP contribution in [0, 0.1) is 11.8 Å². The normalized spacial score (nSPS) is 18.7. The second-order valence-corrected chi connectivity index (χ2v) is 8.41. The van der Waals surface area contributed by atoms with Crippen molar-refractivity contribution in [1.82, 2.24) is 10.2 Å². The second-order valence-electron chi connectivity index (χ2n) is 8.41. The summed E-state index contributed by atoms with van der Waals surface area (Å²) in [5.74, 6) is -0.874. The van der Waals surface area contributed by atoms with Gasteiger partial charge in [0.25, 0.3) is 5.91 Å². The van der Waals surface area contributed by atoms with Crippen molar-refractivity contribution in [2.45, 2.75) is 25.9 Å². The van der Waals surface area contributed by atoms with Crippen LogP contribution < -0.4 is 10.1 Å². The zero-order valence-electron chi connectivity index (χ0n) is 18.3. The van der Waals surface area contributed by atoms with Crippen LogP contribution in [0.4, 0.5) is 13.2 Å². The summed E-state index contributed by atoms with van der Waals surface area (Å²) in [5.41, 5.74) is 0.0580. The van der Waals surface area contributed by atoms with E-state index in [1.54, 1.807) is 30.3 Å². The Morgan fingerprint density at radius 3 is 2.41 bits per heavy atom. The fourth-order valence-corrected chi connectivity index (χ4v) is 3.87. The molecule has 2 amide bonds. The molecule has 1 N–H and O–H groups in total. The van der Waals surface area contributed by atoms with E-state index in [2.05, 4.69) is 5.32 Å². The van der Waals surface area contributed by atoms with Crippen LogP contribution in [0.1, 0.15) is 41.3 Å². The predicted octanol–water partition coefficient (Wildman–Crippen LogP) is 4.34. The maximum absolute atomic E-state index is 13.3. The molecule has 172 valence electrons. The molecule has 5 nitrogen and oxygen atoms in total. The number of alkyl halides is 3. The maximum atomic E-state index is 13.3. The summed E-state index contributed by atoms with van der Waals surface area (Å²) in [6.45, 7) is 4.66. The summed E-state index contributed by atoms with van der Waals surface area (Å²) in [7, 11) is 1.53. The van der Waals surface area contributed by atoms with Gasteiger partial charge in [-0.05, 0) is 41.8 Å². The van der Waals surface area contributed by atoms with E-state index >= 15 is 0 Å². The highest BCUT2D eigenvalue weighted by molar-refractivity contribution is 5.95. The first-order valence-electron chi connectivity index (χ1n) is 10.5. The topological polar surface area (TPSA) is 58.6 Å². The third-order valence-electron chi connectivity index (χ3n) is 5.61. The van der Waals surface area contributed by atoms with Gasteiger partial charge in [0.2, 0.25) is 5.91 Å². The van der Waals surface area contributed by atoms with Crippen LogP contribution in [0.15, 0.2) is 48.5 Å². The lowest BCUT2D eigenvalue weighted by Crippen LogP contribution is -2.37. The number of likely N-dealkylation sites (tertiary alicyclic amines) is 1. The second kappa shape index (κ2) is 9.63. The zero-order valence-corrected chi connectivity index (χ0v) is 18.3. The highest BCUT2D eigenvalue weighted by Crippen LogP contribution is 2.37. The molecular formula is C24H27F3N2O3. The number of methoxy groups -OCH3 is 1. The number of ether oxygens (including phenoxy) is 1. The van der Waals surface area contributed by atoms with Crippen LogP contribution in [-0.4, -0.2) is 43.5 Å². The summed E-state index contributed by atoms with van der Waals surface area (Å²) in [4.78, 5) is 27.5. The molecule has 0 radical (unpaired) electrons. The molecule has 3 rings (SSSR count). The molecule has 2 unspecified atom stereocenters. The van der Waals surface area contributed by atoms with E-state index in [0.29, 0.717) is 23.4 Å². The number of halogens is 3. The molecule has 1 saturated heterocycles. The fraction of sp³-hybridized carbons (Fsp3) is 0.417. The minimum absolute atomic E-state index is 0.135. The van der Waals surface area contributed by atoms with Gasteiger partial charge in [-0.1, -0.05) is 32.0 Å². The molecule has 0 spiro atoms. The number of nitrogens with zero attached hydrogens (tertiary/aromatic N) is 1. The summed E-state index contributed by atoms with van der Waals surface area (Å²) >= 11 is 0. The van der Waals surface area contributed by atoms with E-state index < -0.39 is 23.6 Å². The highest BCUT2D eigenvalue weighted by Gasteiger charge is 2.41. The molecule has 0 aromatic heterocycles. The number of carbonyl (C=O) groups excluding carboxylic acids is 2. The van der Waals surface area contributed by atoms with Gasteiger partial charge >= 0.3 is 6.18 Å². The summed E-state index contributed by atoms with van der Waals surface area (Å²) in [6.07, 6.45) is -4.48. The van der Waals surface area contributed by atoms with Crippen molar-refractivity contribution in [3.8, 4) is 5.75 Å². The lowest BCUT2D eigenvalue weighted by Gasteiger charge is -2.20.